The number of thiocarbonyl (C=S) groups is 2. The predicted octanol–water partition coefficient (Wildman–Crippen LogP) is 2.14. The molecule has 3 rings (SSSR count). The van der Waals surface area contributed by atoms with E-state index >= 15 is 0 Å². The lowest BCUT2D eigenvalue weighted by Gasteiger charge is -2.37. The van der Waals surface area contributed by atoms with Crippen molar-refractivity contribution >= 4 is 52.1 Å². The van der Waals surface area contributed by atoms with E-state index in [9.17, 15) is 9.18 Å². The van der Waals surface area contributed by atoms with Crippen LogP contribution in [0.25, 0.3) is 0 Å². The second-order valence-electron chi connectivity index (χ2n) is 6.62. The summed E-state index contributed by atoms with van der Waals surface area (Å²) in [6, 6.07) is 4.83. The predicted molar refractivity (Wildman–Crippen MR) is 114 cm³/mol. The number of halogens is 1. The van der Waals surface area contributed by atoms with E-state index in [1.54, 1.807) is 12.1 Å². The molecule has 0 spiro atoms. The number of methoxy groups -OCH3 is 1. The Bertz CT molecular complexity index is 771. The van der Waals surface area contributed by atoms with Crippen molar-refractivity contribution in [1.82, 2.24) is 10.2 Å². The molecule has 0 bridgehead atoms. The van der Waals surface area contributed by atoms with Gasteiger partial charge in [0.15, 0.2) is 0 Å². The molecule has 1 aromatic rings. The molecule has 0 radical (unpaired) electrons. The number of piperazine rings is 1. The van der Waals surface area contributed by atoms with Crippen molar-refractivity contribution in [3.05, 3.63) is 24.0 Å². The van der Waals surface area contributed by atoms with Crippen LogP contribution in [-0.2, 0) is 9.47 Å². The second kappa shape index (κ2) is 8.87. The number of hydrogen-bond donors (Lipinski definition) is 1. The molecular weight excluding hydrogens is 403 g/mol. The number of nitrogens with zero attached hydrogens (tertiary/aromatic N) is 3. The minimum Gasteiger partial charge on any atom is -0.474 e. The zero-order chi connectivity index (χ0) is 20.3. The zero-order valence-corrected chi connectivity index (χ0v) is 17.4. The zero-order valence-electron chi connectivity index (χ0n) is 15.8. The highest BCUT2D eigenvalue weighted by atomic mass is 32.1. The maximum Gasteiger partial charge on any atom is 0.414 e. The number of benzene rings is 1. The minimum absolute atomic E-state index is 0.230. The summed E-state index contributed by atoms with van der Waals surface area (Å²) in [6.45, 7) is 5.48. The Morgan fingerprint density at radius 2 is 2.04 bits per heavy atom. The Morgan fingerprint density at radius 1 is 1.32 bits per heavy atom. The van der Waals surface area contributed by atoms with Crippen LogP contribution in [0.3, 0.4) is 0 Å². The van der Waals surface area contributed by atoms with Gasteiger partial charge >= 0.3 is 6.09 Å². The summed E-state index contributed by atoms with van der Waals surface area (Å²) < 4.78 is 24.9. The number of carbonyl (C=O) groups is 1. The van der Waals surface area contributed by atoms with Gasteiger partial charge in [0.1, 0.15) is 11.9 Å². The van der Waals surface area contributed by atoms with Crippen molar-refractivity contribution in [2.45, 2.75) is 13.0 Å². The summed E-state index contributed by atoms with van der Waals surface area (Å²) in [5.41, 5.74) is 0.998. The van der Waals surface area contributed by atoms with E-state index < -0.39 is 12.2 Å². The van der Waals surface area contributed by atoms with Crippen LogP contribution in [0, 0.1) is 5.82 Å². The van der Waals surface area contributed by atoms with Gasteiger partial charge in [-0.15, -0.1) is 0 Å². The number of carbonyl (C=O) groups excluding carboxylic acids is 1. The summed E-state index contributed by atoms with van der Waals surface area (Å²) >= 11 is 10.1. The third-order valence-corrected chi connectivity index (χ3v) is 5.41. The van der Waals surface area contributed by atoms with Crippen LogP contribution in [0.15, 0.2) is 18.2 Å². The van der Waals surface area contributed by atoms with Gasteiger partial charge in [0, 0.05) is 26.2 Å². The fourth-order valence-corrected chi connectivity index (χ4v) is 3.56. The molecule has 0 unspecified atom stereocenters. The first-order valence-corrected chi connectivity index (χ1v) is 9.80. The lowest BCUT2D eigenvalue weighted by molar-refractivity contribution is 0.142. The lowest BCUT2D eigenvalue weighted by atomic mass is 10.2. The topological polar surface area (TPSA) is 57.3 Å². The van der Waals surface area contributed by atoms with Gasteiger partial charge in [0.05, 0.1) is 36.6 Å². The molecule has 0 aliphatic carbocycles. The van der Waals surface area contributed by atoms with Gasteiger partial charge in [-0.05, 0) is 37.3 Å². The largest absolute Gasteiger partial charge is 0.474 e. The minimum atomic E-state index is -0.507. The third kappa shape index (κ3) is 4.61. The molecular formula is C18H23FN4O3S2. The fourth-order valence-electron chi connectivity index (χ4n) is 3.29. The van der Waals surface area contributed by atoms with Gasteiger partial charge in [-0.2, -0.15) is 0 Å². The van der Waals surface area contributed by atoms with Crippen molar-refractivity contribution in [3.8, 4) is 0 Å². The molecule has 152 valence electrons. The molecule has 1 amide bonds. The number of cyclic esters (lactones) is 1. The summed E-state index contributed by atoms with van der Waals surface area (Å²) in [6.07, 6.45) is -0.901. The van der Waals surface area contributed by atoms with Crippen LogP contribution in [0.2, 0.25) is 0 Å². The molecule has 10 heteroatoms. The Balaban J connectivity index is 1.63. The summed E-state index contributed by atoms with van der Waals surface area (Å²) in [4.78, 5) is 18.5. The molecule has 0 aromatic heterocycles. The van der Waals surface area contributed by atoms with Gasteiger partial charge in [-0.1, -0.05) is 12.2 Å². The highest BCUT2D eigenvalue weighted by Crippen LogP contribution is 2.28. The molecule has 2 aliphatic heterocycles. The molecule has 2 saturated heterocycles. The Morgan fingerprint density at radius 3 is 2.64 bits per heavy atom. The van der Waals surface area contributed by atoms with E-state index in [0.717, 1.165) is 18.1 Å². The second-order valence-corrected chi connectivity index (χ2v) is 7.58. The number of amides is 1. The van der Waals surface area contributed by atoms with Crippen molar-refractivity contribution in [2.75, 3.05) is 56.2 Å². The SMILES string of the molecule is COC(=S)NC[C@H]1CN(c2ccc(N3CCN(C(C)=S)CC3)c(F)c2)C(=O)O1. The summed E-state index contributed by atoms with van der Waals surface area (Å²) in [5.74, 6) is -0.361. The van der Waals surface area contributed by atoms with E-state index in [-0.39, 0.29) is 11.0 Å². The van der Waals surface area contributed by atoms with Gasteiger partial charge in [-0.3, -0.25) is 4.90 Å². The van der Waals surface area contributed by atoms with E-state index in [0.29, 0.717) is 37.6 Å². The Kier molecular flexibility index (Phi) is 6.50. The average Bonchev–Trinajstić information content (AvgIpc) is 3.06. The van der Waals surface area contributed by atoms with Crippen molar-refractivity contribution < 1.29 is 18.7 Å². The molecule has 2 aliphatic rings. The molecule has 1 atom stereocenters. The van der Waals surface area contributed by atoms with Crippen LogP contribution in [0.1, 0.15) is 6.92 Å². The molecule has 28 heavy (non-hydrogen) atoms. The van der Waals surface area contributed by atoms with Gasteiger partial charge in [0.2, 0.25) is 0 Å². The number of anilines is 2. The Labute approximate surface area is 174 Å². The molecule has 2 heterocycles. The van der Waals surface area contributed by atoms with Crippen molar-refractivity contribution in [1.29, 1.82) is 0 Å². The number of ether oxygens (including phenoxy) is 2. The average molecular weight is 427 g/mol. The molecule has 1 N–H and O–H groups in total. The van der Waals surface area contributed by atoms with E-state index in [2.05, 4.69) is 10.2 Å². The van der Waals surface area contributed by atoms with E-state index in [4.69, 9.17) is 33.9 Å². The third-order valence-electron chi connectivity index (χ3n) is 4.84. The molecule has 7 nitrogen and oxygen atoms in total. The Hall–Kier alpha value is -2.20. The normalized spacial score (nSPS) is 19.5. The molecule has 0 saturated carbocycles. The van der Waals surface area contributed by atoms with Crippen LogP contribution < -0.4 is 15.1 Å². The standard InChI is InChI=1S/C18H23FN4O3S2/c1-12(27)21-5-7-22(8-6-21)16-4-3-13(9-15(16)19)23-11-14(26-18(23)24)10-20-17(28)25-2/h3-4,9,14H,5-8,10-11H2,1-2H3,(H,20,28)/t14-/m0/s1. The molecule has 1 aromatic carbocycles. The van der Waals surface area contributed by atoms with Crippen LogP contribution in [0.5, 0.6) is 0 Å². The first-order chi connectivity index (χ1) is 13.4. The van der Waals surface area contributed by atoms with Gasteiger partial charge < -0.3 is 24.6 Å². The fraction of sp³-hybridized carbons (Fsp3) is 0.500. The van der Waals surface area contributed by atoms with Crippen LogP contribution in [-0.4, -0.2) is 73.6 Å². The van der Waals surface area contributed by atoms with E-state index in [1.807, 2.05) is 11.8 Å². The molecule has 2 fully saturated rings. The summed E-state index contributed by atoms with van der Waals surface area (Å²) in [7, 11) is 1.46. The maximum atomic E-state index is 14.8. The first kappa shape index (κ1) is 20.5. The smallest absolute Gasteiger partial charge is 0.414 e. The monoisotopic (exact) mass is 426 g/mol. The number of rotatable bonds is 4. The van der Waals surface area contributed by atoms with Crippen LogP contribution in [0.4, 0.5) is 20.6 Å². The first-order valence-electron chi connectivity index (χ1n) is 8.99. The number of nitrogens with one attached hydrogen (secondary N) is 1. The van der Waals surface area contributed by atoms with Gasteiger partial charge in [0.25, 0.3) is 5.17 Å². The van der Waals surface area contributed by atoms with E-state index in [1.165, 1.54) is 18.1 Å². The highest BCUT2D eigenvalue weighted by Gasteiger charge is 2.33. The van der Waals surface area contributed by atoms with Crippen molar-refractivity contribution in [2.24, 2.45) is 0 Å². The van der Waals surface area contributed by atoms with Gasteiger partial charge in [-0.25, -0.2) is 9.18 Å². The summed E-state index contributed by atoms with van der Waals surface area (Å²) in [5, 5.41) is 3.08. The van der Waals surface area contributed by atoms with Crippen LogP contribution >= 0.6 is 24.4 Å². The maximum absolute atomic E-state index is 14.8. The quantitative estimate of drug-likeness (QED) is 0.735. The number of hydrogen-bond acceptors (Lipinski definition) is 6. The van der Waals surface area contributed by atoms with Crippen molar-refractivity contribution in [3.63, 3.8) is 0 Å². The lowest BCUT2D eigenvalue weighted by Crippen LogP contribution is -2.47. The highest BCUT2D eigenvalue weighted by molar-refractivity contribution is 7.80.